The molecular formula is C24H38N2O4. The maximum absolute atomic E-state index is 13.3. The van der Waals surface area contributed by atoms with Crippen LogP contribution in [0.3, 0.4) is 0 Å². The molecule has 1 aromatic rings. The Kier molecular flexibility index (Phi) is 2.86. The molecule has 6 heteroatoms. The van der Waals surface area contributed by atoms with Gasteiger partial charge in [0.25, 0.3) is 0 Å². The van der Waals surface area contributed by atoms with Crippen LogP contribution >= 0.6 is 0 Å². The number of piperidine rings is 1. The number of fused-ring (bicyclic) bond motifs is 3. The van der Waals surface area contributed by atoms with Crippen molar-refractivity contribution >= 4 is 5.97 Å². The highest BCUT2D eigenvalue weighted by Gasteiger charge is 2.41. The highest BCUT2D eigenvalue weighted by molar-refractivity contribution is 5.76. The average Bonchev–Trinajstić information content (AvgIpc) is 2.86. The second-order valence-corrected chi connectivity index (χ2v) is 7.76. The third-order valence-electron chi connectivity index (χ3n) is 4.60. The highest BCUT2D eigenvalue weighted by atomic mass is 16.5. The number of carbonyl (C=O) groups excluding carboxylic acids is 1. The Morgan fingerprint density at radius 2 is 2.03 bits per heavy atom. The molecule has 30 heavy (non-hydrogen) atoms. The van der Waals surface area contributed by atoms with Gasteiger partial charge in [0.15, 0.2) is 11.5 Å². The molecular weight excluding hydrogens is 380 g/mol. The molecule has 1 aromatic carbocycles. The minimum atomic E-state index is -3.75. The lowest BCUT2D eigenvalue weighted by molar-refractivity contribution is -0.160. The van der Waals surface area contributed by atoms with Crippen LogP contribution in [0.5, 0.6) is 11.5 Å². The average molecular weight is 437 g/mol. The number of benzene rings is 1. The highest BCUT2D eigenvalue weighted by Crippen LogP contribution is 2.44. The van der Waals surface area contributed by atoms with Crippen molar-refractivity contribution in [3.63, 3.8) is 0 Å². The number of ether oxygens (including phenoxy) is 3. The summed E-state index contributed by atoms with van der Waals surface area (Å²) in [6.07, 6.45) is -11.7. The van der Waals surface area contributed by atoms with Gasteiger partial charge in [-0.3, -0.25) is 9.69 Å². The number of hydrogen-bond acceptors (Lipinski definition) is 6. The normalized spacial score (nSPS) is 46.2. The molecule has 0 aliphatic carbocycles. The molecule has 3 rings (SSSR count). The van der Waals surface area contributed by atoms with Crippen LogP contribution in [0.25, 0.3) is 0 Å². The summed E-state index contributed by atoms with van der Waals surface area (Å²) < 4.78 is 169. The molecule has 2 aliphatic heterocycles. The minimum Gasteiger partial charge on any atom is -0.493 e. The van der Waals surface area contributed by atoms with Crippen molar-refractivity contribution in [2.45, 2.75) is 65.0 Å². The van der Waals surface area contributed by atoms with Gasteiger partial charge in [-0.1, -0.05) is 27.7 Å². The Bertz CT molecular complexity index is 1450. The first-order chi connectivity index (χ1) is 21.2. The van der Waals surface area contributed by atoms with Crippen molar-refractivity contribution in [2.24, 2.45) is 23.5 Å². The quantitative estimate of drug-likeness (QED) is 0.659. The van der Waals surface area contributed by atoms with Crippen LogP contribution in [0.15, 0.2) is 12.1 Å². The number of methoxy groups -OCH3 is 2. The summed E-state index contributed by atoms with van der Waals surface area (Å²) in [5.74, 6) is -8.74. The van der Waals surface area contributed by atoms with Gasteiger partial charge in [0.2, 0.25) is 0 Å². The number of carbonyl (C=O) groups is 1. The summed E-state index contributed by atoms with van der Waals surface area (Å²) in [4.78, 5) is 13.2. The molecule has 3 unspecified atom stereocenters. The Labute approximate surface area is 206 Å². The molecule has 0 aromatic heterocycles. The lowest BCUT2D eigenvalue weighted by Gasteiger charge is -2.47. The fraction of sp³-hybridized carbons (Fsp3) is 0.708. The first-order valence-corrected chi connectivity index (χ1v) is 9.49. The Balaban J connectivity index is 2.65. The van der Waals surface area contributed by atoms with Crippen molar-refractivity contribution in [1.29, 1.82) is 0 Å². The monoisotopic (exact) mass is 436 g/mol. The van der Waals surface area contributed by atoms with E-state index >= 15 is 0 Å². The first-order valence-electron chi connectivity index (χ1n) is 18.5. The Hall–Kier alpha value is -1.79. The molecule has 168 valence electrons. The summed E-state index contributed by atoms with van der Waals surface area (Å²) in [5.41, 5.74) is 3.55. The summed E-state index contributed by atoms with van der Waals surface area (Å²) in [6, 6.07) is -6.95. The van der Waals surface area contributed by atoms with E-state index in [1.807, 2.05) is 0 Å². The minimum absolute atomic E-state index is 0.0401. The summed E-state index contributed by atoms with van der Waals surface area (Å²) in [7, 11) is -6.95. The first kappa shape index (κ1) is 8.99. The Morgan fingerprint density at radius 1 is 1.33 bits per heavy atom. The van der Waals surface area contributed by atoms with Crippen molar-refractivity contribution in [1.82, 2.24) is 4.90 Å². The zero-order valence-electron chi connectivity index (χ0n) is 35.2. The lowest BCUT2D eigenvalue weighted by atomic mass is 9.79. The molecule has 0 spiro atoms. The maximum atomic E-state index is 13.3. The summed E-state index contributed by atoms with van der Waals surface area (Å²) >= 11 is 0. The van der Waals surface area contributed by atoms with E-state index in [0.717, 1.165) is 0 Å². The largest absolute Gasteiger partial charge is 0.493 e. The predicted molar refractivity (Wildman–Crippen MR) is 118 cm³/mol. The van der Waals surface area contributed by atoms with Gasteiger partial charge in [0, 0.05) is 43.6 Å². The van der Waals surface area contributed by atoms with Crippen LogP contribution in [0.4, 0.5) is 0 Å². The van der Waals surface area contributed by atoms with E-state index in [2.05, 4.69) is 0 Å². The van der Waals surface area contributed by atoms with Crippen LogP contribution in [-0.2, 0) is 15.9 Å². The van der Waals surface area contributed by atoms with E-state index in [4.69, 9.17) is 36.4 Å². The van der Waals surface area contributed by atoms with E-state index in [-0.39, 0.29) is 4.90 Å². The molecule has 6 nitrogen and oxygen atoms in total. The van der Waals surface area contributed by atoms with E-state index in [9.17, 15) is 13.0 Å². The van der Waals surface area contributed by atoms with Gasteiger partial charge < -0.3 is 19.9 Å². The van der Waals surface area contributed by atoms with Crippen LogP contribution < -0.4 is 15.2 Å². The SMILES string of the molecule is [2H]c1c(OC([2H])([2H])[2H])c(OC([2H])([2H])[2H])c([2H])c2c1C1N(C([2H])([2H])C2([2H])[2H])C([2H])([2H])C([2H])(CC(C)C)C([2H])(OC(=O)[C@@H](N)C(C)C)C1([2H])[2H]. The van der Waals surface area contributed by atoms with Gasteiger partial charge in [-0.2, -0.15) is 0 Å². The molecule has 0 radical (unpaired) electrons. The smallest absolute Gasteiger partial charge is 0.323 e. The summed E-state index contributed by atoms with van der Waals surface area (Å²) in [6.45, 7) is -1.48. The van der Waals surface area contributed by atoms with Gasteiger partial charge in [-0.25, -0.2) is 0 Å². The molecule has 2 aliphatic rings. The fourth-order valence-electron chi connectivity index (χ4n) is 2.95. The molecule has 0 amide bonds. The molecule has 1 fully saturated rings. The van der Waals surface area contributed by atoms with Crippen LogP contribution in [0, 0.1) is 17.7 Å². The predicted octanol–water partition coefficient (Wildman–Crippen LogP) is 3.56. The van der Waals surface area contributed by atoms with E-state index in [0.29, 0.717) is 0 Å². The zero-order chi connectivity index (χ0) is 37.8. The van der Waals surface area contributed by atoms with Crippen LogP contribution in [0.2, 0.25) is 0 Å². The number of nitrogens with zero attached hydrogens (tertiary/aromatic N) is 1. The van der Waals surface area contributed by atoms with Crippen LogP contribution in [-0.4, -0.2) is 50.1 Å². The molecule has 1 saturated heterocycles. The van der Waals surface area contributed by atoms with Crippen molar-refractivity contribution in [3.05, 3.63) is 23.2 Å². The maximum Gasteiger partial charge on any atom is 0.323 e. The second-order valence-electron chi connectivity index (χ2n) is 7.76. The fourth-order valence-corrected chi connectivity index (χ4v) is 2.95. The van der Waals surface area contributed by atoms with Gasteiger partial charge in [0.05, 0.1) is 26.4 Å². The second kappa shape index (κ2) is 9.56. The molecule has 0 bridgehead atoms. The zero-order valence-corrected chi connectivity index (χ0v) is 17.2. The standard InChI is InChI=1S/C24H38N2O4/c1-14(2)9-17-13-26-8-7-16-10-21(28-5)22(29-6)11-18(16)19(26)12-20(17)30-24(27)23(25)15(3)4/h10-11,14-15,17,19-20,23H,7-9,12-13,25H2,1-6H3/t17?,19?,20?,23-/m0/s1/i5D3,6D3,7D2,8D2,10D,11D,12D2,13D2,17D,20D. The van der Waals surface area contributed by atoms with Gasteiger partial charge >= 0.3 is 5.97 Å². The van der Waals surface area contributed by atoms with Crippen LogP contribution in [0.1, 0.15) is 82.3 Å². The van der Waals surface area contributed by atoms with Gasteiger partial charge in [-0.15, -0.1) is 0 Å². The topological polar surface area (TPSA) is 74.0 Å². The van der Waals surface area contributed by atoms with Crippen molar-refractivity contribution in [3.8, 4) is 11.5 Å². The van der Waals surface area contributed by atoms with Crippen molar-refractivity contribution < 1.29 is 43.7 Å². The summed E-state index contributed by atoms with van der Waals surface area (Å²) in [5, 5.41) is 0. The number of nitrogens with two attached hydrogens (primary N) is 1. The number of hydrogen-bond donors (Lipinski definition) is 1. The van der Waals surface area contributed by atoms with Gasteiger partial charge in [0.1, 0.15) is 12.1 Å². The van der Waals surface area contributed by atoms with Crippen molar-refractivity contribution in [2.75, 3.05) is 27.1 Å². The molecule has 4 atom stereocenters. The van der Waals surface area contributed by atoms with E-state index in [1.165, 1.54) is 27.7 Å². The number of rotatable bonds is 7. The van der Waals surface area contributed by atoms with E-state index in [1.54, 1.807) is 0 Å². The third-order valence-corrected chi connectivity index (χ3v) is 4.60. The van der Waals surface area contributed by atoms with E-state index < -0.39 is 123 Å². The Morgan fingerprint density at radius 3 is 2.67 bits per heavy atom. The molecule has 2 N–H and O–H groups in total. The van der Waals surface area contributed by atoms with Gasteiger partial charge in [-0.05, 0) is 47.8 Å². The molecule has 0 saturated carbocycles. The lowest BCUT2D eigenvalue weighted by Crippen LogP contribution is -2.51. The number of esters is 1. The molecule has 2 heterocycles. The third kappa shape index (κ3) is 4.75.